The molecule has 220 valence electrons. The van der Waals surface area contributed by atoms with Gasteiger partial charge in [0.25, 0.3) is 0 Å². The molecule has 0 spiro atoms. The standard InChI is InChI=1S/C26H32O12S2/c1-15(27)31-13-23-21(35-17(3)29)7-9-25(37-23)33-11-19-5-6-20(40-39-19)12-34-26-10-8-22(36-18(4)30)24(38-26)14-32-16(2)28/h5-10,21-26H,11-14H2,1-4H3/t21-,22-,23+,24+,25-,26-/m0/s1. The fourth-order valence-corrected chi connectivity index (χ4v) is 5.49. The van der Waals surface area contributed by atoms with Gasteiger partial charge in [-0.2, -0.15) is 0 Å². The second-order valence-electron chi connectivity index (χ2n) is 8.66. The van der Waals surface area contributed by atoms with E-state index in [0.29, 0.717) is 0 Å². The molecule has 14 heteroatoms. The lowest BCUT2D eigenvalue weighted by Gasteiger charge is -2.31. The monoisotopic (exact) mass is 600 g/mol. The SMILES string of the molecule is CC(=O)OC[C@H]1O[C@H](OCC2=CC=C(CO[C@@H]3C=C[C@H](OC(C)=O)[C@@H](COC(C)=O)O3)SS2)C=C[C@@H]1OC(C)=O. The van der Waals surface area contributed by atoms with Crippen molar-refractivity contribution in [3.63, 3.8) is 0 Å². The third-order valence-electron chi connectivity index (χ3n) is 5.26. The quantitative estimate of drug-likeness (QED) is 0.140. The van der Waals surface area contributed by atoms with Crippen molar-refractivity contribution in [2.75, 3.05) is 26.4 Å². The lowest BCUT2D eigenvalue weighted by atomic mass is 10.1. The van der Waals surface area contributed by atoms with E-state index in [-0.39, 0.29) is 26.4 Å². The smallest absolute Gasteiger partial charge is 0.303 e. The summed E-state index contributed by atoms with van der Waals surface area (Å²) in [5.41, 5.74) is 0. The van der Waals surface area contributed by atoms with Crippen LogP contribution in [0.25, 0.3) is 0 Å². The van der Waals surface area contributed by atoms with E-state index >= 15 is 0 Å². The summed E-state index contributed by atoms with van der Waals surface area (Å²) in [6.07, 6.45) is 6.24. The first-order valence-electron chi connectivity index (χ1n) is 12.3. The highest BCUT2D eigenvalue weighted by Gasteiger charge is 2.32. The van der Waals surface area contributed by atoms with E-state index in [4.69, 9.17) is 37.9 Å². The van der Waals surface area contributed by atoms with Gasteiger partial charge in [0, 0.05) is 37.5 Å². The maximum atomic E-state index is 11.4. The van der Waals surface area contributed by atoms with Crippen molar-refractivity contribution in [1.29, 1.82) is 0 Å². The normalized spacial score (nSPS) is 27.7. The number of rotatable bonds is 12. The van der Waals surface area contributed by atoms with Gasteiger partial charge in [-0.05, 0) is 36.5 Å². The van der Waals surface area contributed by atoms with Crippen LogP contribution in [0.1, 0.15) is 27.7 Å². The first-order chi connectivity index (χ1) is 19.1. The highest BCUT2D eigenvalue weighted by Crippen LogP contribution is 2.40. The molecule has 0 saturated carbocycles. The molecule has 12 nitrogen and oxygen atoms in total. The zero-order valence-corrected chi connectivity index (χ0v) is 24.1. The summed E-state index contributed by atoms with van der Waals surface area (Å²) in [4.78, 5) is 47.0. The summed E-state index contributed by atoms with van der Waals surface area (Å²) < 4.78 is 43.8. The summed E-state index contributed by atoms with van der Waals surface area (Å²) in [6, 6.07) is 0. The van der Waals surface area contributed by atoms with Gasteiger partial charge in [-0.25, -0.2) is 0 Å². The van der Waals surface area contributed by atoms with Crippen molar-refractivity contribution in [3.05, 3.63) is 46.3 Å². The Labute approximate surface area is 239 Å². The minimum Gasteiger partial charge on any atom is -0.463 e. The van der Waals surface area contributed by atoms with E-state index in [0.717, 1.165) is 9.81 Å². The van der Waals surface area contributed by atoms with Crippen molar-refractivity contribution >= 4 is 45.5 Å². The average molecular weight is 601 g/mol. The van der Waals surface area contributed by atoms with E-state index in [9.17, 15) is 19.2 Å². The predicted octanol–water partition coefficient (Wildman–Crippen LogP) is 2.73. The molecule has 0 amide bonds. The third-order valence-corrected chi connectivity index (χ3v) is 7.82. The van der Waals surface area contributed by atoms with E-state index < -0.39 is 60.9 Å². The third kappa shape index (κ3) is 11.1. The largest absolute Gasteiger partial charge is 0.463 e. The van der Waals surface area contributed by atoms with Gasteiger partial charge in [0.05, 0.1) is 13.2 Å². The van der Waals surface area contributed by atoms with Gasteiger partial charge >= 0.3 is 23.9 Å². The van der Waals surface area contributed by atoms with Gasteiger partial charge in [0.2, 0.25) is 0 Å². The number of hydrogen-bond donors (Lipinski definition) is 0. The molecule has 3 heterocycles. The van der Waals surface area contributed by atoms with Crippen LogP contribution in [-0.4, -0.2) is 87.3 Å². The van der Waals surface area contributed by atoms with Crippen LogP contribution >= 0.6 is 21.6 Å². The molecule has 3 aliphatic rings. The van der Waals surface area contributed by atoms with Crippen LogP contribution in [0.5, 0.6) is 0 Å². The topological polar surface area (TPSA) is 142 Å². The zero-order chi connectivity index (χ0) is 29.1. The average Bonchev–Trinajstić information content (AvgIpc) is 2.90. The molecule has 40 heavy (non-hydrogen) atoms. The van der Waals surface area contributed by atoms with Gasteiger partial charge in [0.1, 0.15) is 37.6 Å². The Bertz CT molecular complexity index is 970. The van der Waals surface area contributed by atoms with Crippen LogP contribution in [0.3, 0.4) is 0 Å². The minimum atomic E-state index is -0.710. The molecule has 0 radical (unpaired) electrons. The van der Waals surface area contributed by atoms with Gasteiger partial charge in [0.15, 0.2) is 12.6 Å². The lowest BCUT2D eigenvalue weighted by Crippen LogP contribution is -2.42. The molecule has 0 aromatic heterocycles. The number of hydrogen-bond acceptors (Lipinski definition) is 14. The zero-order valence-electron chi connectivity index (χ0n) is 22.5. The van der Waals surface area contributed by atoms with Crippen LogP contribution in [0, 0.1) is 0 Å². The molecule has 0 aromatic carbocycles. The number of esters is 4. The molecule has 0 unspecified atom stereocenters. The van der Waals surface area contributed by atoms with E-state index in [1.54, 1.807) is 24.3 Å². The second-order valence-corrected chi connectivity index (χ2v) is 11.0. The molecule has 0 bridgehead atoms. The molecule has 0 saturated heterocycles. The molecule has 6 atom stereocenters. The summed E-state index contributed by atoms with van der Waals surface area (Å²) in [5.74, 6) is -1.89. The summed E-state index contributed by atoms with van der Waals surface area (Å²) in [6.45, 7) is 5.52. The van der Waals surface area contributed by atoms with Crippen molar-refractivity contribution in [1.82, 2.24) is 0 Å². The van der Waals surface area contributed by atoms with Crippen LogP contribution in [0.15, 0.2) is 46.3 Å². The number of carbonyl (C=O) groups excluding carboxylic acids is 4. The van der Waals surface area contributed by atoms with Crippen LogP contribution in [0.2, 0.25) is 0 Å². The number of allylic oxidation sites excluding steroid dienone is 2. The molecular formula is C26H32O12S2. The Morgan fingerprint density at radius 2 is 1.05 bits per heavy atom. The van der Waals surface area contributed by atoms with E-state index in [1.807, 2.05) is 12.2 Å². The van der Waals surface area contributed by atoms with Gasteiger partial charge in [-0.15, -0.1) is 0 Å². The van der Waals surface area contributed by atoms with Gasteiger partial charge in [-0.1, -0.05) is 21.6 Å². The van der Waals surface area contributed by atoms with Gasteiger partial charge < -0.3 is 37.9 Å². The van der Waals surface area contributed by atoms with Crippen molar-refractivity contribution in [2.45, 2.75) is 64.7 Å². The Morgan fingerprint density at radius 1 is 0.650 bits per heavy atom. The number of carbonyl (C=O) groups is 4. The highest BCUT2D eigenvalue weighted by molar-refractivity contribution is 8.79. The van der Waals surface area contributed by atoms with E-state index in [2.05, 4.69) is 0 Å². The van der Waals surface area contributed by atoms with Crippen LogP contribution < -0.4 is 0 Å². The van der Waals surface area contributed by atoms with Crippen molar-refractivity contribution in [2.24, 2.45) is 0 Å². The fraction of sp³-hybridized carbons (Fsp3) is 0.538. The Balaban J connectivity index is 1.48. The molecule has 0 aliphatic carbocycles. The highest BCUT2D eigenvalue weighted by atomic mass is 33.1. The second kappa shape index (κ2) is 16.0. The fourth-order valence-electron chi connectivity index (χ4n) is 3.53. The van der Waals surface area contributed by atoms with Crippen LogP contribution in [0.4, 0.5) is 0 Å². The molecule has 0 N–H and O–H groups in total. The molecule has 3 aliphatic heterocycles. The first kappa shape index (κ1) is 31.9. The minimum absolute atomic E-state index is 0.0777. The Hall–Kier alpha value is -2.62. The molecule has 3 rings (SSSR count). The summed E-state index contributed by atoms with van der Waals surface area (Å²) in [7, 11) is 3.00. The summed E-state index contributed by atoms with van der Waals surface area (Å²) >= 11 is 0. The number of ether oxygens (including phenoxy) is 8. The maximum Gasteiger partial charge on any atom is 0.303 e. The van der Waals surface area contributed by atoms with Crippen molar-refractivity contribution in [3.8, 4) is 0 Å². The van der Waals surface area contributed by atoms with E-state index in [1.165, 1.54) is 49.3 Å². The maximum absolute atomic E-state index is 11.4. The molecular weight excluding hydrogens is 568 g/mol. The Kier molecular flexibility index (Phi) is 12.7. The molecule has 0 fully saturated rings. The van der Waals surface area contributed by atoms with Gasteiger partial charge in [-0.3, -0.25) is 19.2 Å². The van der Waals surface area contributed by atoms with Crippen LogP contribution in [-0.2, 0) is 57.1 Å². The summed E-state index contributed by atoms with van der Waals surface area (Å²) in [5, 5.41) is 0. The first-order valence-corrected chi connectivity index (χ1v) is 14.5. The Morgan fingerprint density at radius 3 is 1.38 bits per heavy atom. The molecule has 0 aromatic rings. The lowest BCUT2D eigenvalue weighted by molar-refractivity contribution is -0.194. The van der Waals surface area contributed by atoms with Crippen molar-refractivity contribution < 1.29 is 57.1 Å². The predicted molar refractivity (Wildman–Crippen MR) is 143 cm³/mol.